The molecule has 1 saturated carbocycles. The lowest BCUT2D eigenvalue weighted by Gasteiger charge is -2.34. The van der Waals surface area contributed by atoms with Crippen LogP contribution in [-0.4, -0.2) is 23.2 Å². The molecule has 0 spiro atoms. The van der Waals surface area contributed by atoms with Crippen molar-refractivity contribution in [2.75, 3.05) is 6.54 Å². The van der Waals surface area contributed by atoms with Crippen molar-refractivity contribution in [3.63, 3.8) is 0 Å². The highest BCUT2D eigenvalue weighted by atomic mass is 35.5. The summed E-state index contributed by atoms with van der Waals surface area (Å²) in [6.07, 6.45) is 3.93. The van der Waals surface area contributed by atoms with E-state index < -0.39 is 5.60 Å². The second-order valence-corrected chi connectivity index (χ2v) is 6.42. The summed E-state index contributed by atoms with van der Waals surface area (Å²) in [5, 5.41) is 13.9. The molecular weight excluding hydrogens is 274 g/mol. The third-order valence-electron chi connectivity index (χ3n) is 4.10. The highest BCUT2D eigenvalue weighted by molar-refractivity contribution is 6.30. The Morgan fingerprint density at radius 1 is 1.35 bits per heavy atom. The van der Waals surface area contributed by atoms with Gasteiger partial charge in [0.15, 0.2) is 0 Å². The van der Waals surface area contributed by atoms with E-state index in [1.165, 1.54) is 0 Å². The first-order chi connectivity index (χ1) is 9.47. The number of aliphatic hydroxyl groups is 1. The molecule has 4 heteroatoms. The summed E-state index contributed by atoms with van der Waals surface area (Å²) < 4.78 is 0. The predicted octanol–water partition coefficient (Wildman–Crippen LogP) is 2.94. The predicted molar refractivity (Wildman–Crippen MR) is 80.7 cm³/mol. The van der Waals surface area contributed by atoms with Gasteiger partial charge in [-0.25, -0.2) is 0 Å². The minimum absolute atomic E-state index is 0.0561. The normalized spacial score (nSPS) is 26.2. The number of carbonyl (C=O) groups excluding carboxylic acids is 1. The second kappa shape index (κ2) is 6.59. The van der Waals surface area contributed by atoms with Gasteiger partial charge >= 0.3 is 0 Å². The molecule has 3 nitrogen and oxygen atoms in total. The lowest BCUT2D eigenvalue weighted by molar-refractivity contribution is -0.122. The van der Waals surface area contributed by atoms with Crippen molar-refractivity contribution in [2.45, 2.75) is 44.6 Å². The van der Waals surface area contributed by atoms with Gasteiger partial charge in [-0.1, -0.05) is 30.7 Å². The van der Waals surface area contributed by atoms with E-state index in [4.69, 9.17) is 11.6 Å². The number of halogens is 1. The van der Waals surface area contributed by atoms with Gasteiger partial charge in [-0.2, -0.15) is 0 Å². The molecule has 1 aromatic rings. The van der Waals surface area contributed by atoms with Crippen molar-refractivity contribution in [1.82, 2.24) is 5.32 Å². The van der Waals surface area contributed by atoms with Crippen LogP contribution >= 0.6 is 11.6 Å². The summed E-state index contributed by atoms with van der Waals surface area (Å²) in [6.45, 7) is 2.56. The van der Waals surface area contributed by atoms with Crippen molar-refractivity contribution in [3.8, 4) is 0 Å². The molecule has 110 valence electrons. The number of rotatable bonds is 4. The van der Waals surface area contributed by atoms with Crippen molar-refractivity contribution in [2.24, 2.45) is 5.92 Å². The SMILES string of the molecule is CC1CCC(O)(CNC(=O)Cc2ccc(Cl)cc2)CC1. The van der Waals surface area contributed by atoms with Gasteiger partial charge in [0.1, 0.15) is 0 Å². The lowest BCUT2D eigenvalue weighted by atomic mass is 9.79. The van der Waals surface area contributed by atoms with Gasteiger partial charge < -0.3 is 10.4 Å². The maximum absolute atomic E-state index is 11.9. The van der Waals surface area contributed by atoms with Crippen molar-refractivity contribution < 1.29 is 9.90 Å². The van der Waals surface area contributed by atoms with Gasteiger partial charge in [-0.3, -0.25) is 4.79 Å². The molecule has 0 radical (unpaired) electrons. The molecule has 1 amide bonds. The van der Waals surface area contributed by atoms with Gasteiger partial charge in [0.05, 0.1) is 12.0 Å². The fraction of sp³-hybridized carbons (Fsp3) is 0.562. The lowest BCUT2D eigenvalue weighted by Crippen LogP contribution is -2.45. The quantitative estimate of drug-likeness (QED) is 0.897. The summed E-state index contributed by atoms with van der Waals surface area (Å²) in [5.41, 5.74) is 0.207. The number of benzene rings is 1. The third-order valence-corrected chi connectivity index (χ3v) is 4.35. The van der Waals surface area contributed by atoms with Gasteiger partial charge in [0, 0.05) is 11.6 Å². The molecule has 0 saturated heterocycles. The number of amides is 1. The minimum Gasteiger partial charge on any atom is -0.388 e. The monoisotopic (exact) mass is 295 g/mol. The standard InChI is InChI=1S/C16H22ClNO2/c1-12-6-8-16(20,9-7-12)11-18-15(19)10-13-2-4-14(17)5-3-13/h2-5,12,20H,6-11H2,1H3,(H,18,19). The molecule has 1 fully saturated rings. The Labute approximate surface area is 125 Å². The number of hydrogen-bond acceptors (Lipinski definition) is 2. The van der Waals surface area contributed by atoms with Gasteiger partial charge in [0.25, 0.3) is 0 Å². The summed E-state index contributed by atoms with van der Waals surface area (Å²) in [4.78, 5) is 11.9. The molecule has 0 heterocycles. The summed E-state index contributed by atoms with van der Waals surface area (Å²) in [5.74, 6) is 0.624. The van der Waals surface area contributed by atoms with Gasteiger partial charge in [0.2, 0.25) is 5.91 Å². The van der Waals surface area contributed by atoms with Crippen LogP contribution in [0.1, 0.15) is 38.2 Å². The zero-order chi connectivity index (χ0) is 14.6. The van der Waals surface area contributed by atoms with Crippen LogP contribution in [0.3, 0.4) is 0 Å². The Balaban J connectivity index is 1.79. The zero-order valence-electron chi connectivity index (χ0n) is 11.9. The summed E-state index contributed by atoms with van der Waals surface area (Å²) in [6, 6.07) is 7.25. The van der Waals surface area contributed by atoms with Crippen LogP contribution in [0, 0.1) is 5.92 Å². The van der Waals surface area contributed by atoms with Gasteiger partial charge in [-0.15, -0.1) is 0 Å². The molecule has 20 heavy (non-hydrogen) atoms. The largest absolute Gasteiger partial charge is 0.388 e. The van der Waals surface area contributed by atoms with E-state index in [1.54, 1.807) is 12.1 Å². The van der Waals surface area contributed by atoms with E-state index >= 15 is 0 Å². The average molecular weight is 296 g/mol. The molecule has 2 N–H and O–H groups in total. The first-order valence-corrected chi connectivity index (χ1v) is 7.58. The zero-order valence-corrected chi connectivity index (χ0v) is 12.6. The van der Waals surface area contributed by atoms with Crippen LogP contribution in [0.4, 0.5) is 0 Å². The van der Waals surface area contributed by atoms with E-state index in [9.17, 15) is 9.90 Å². The summed E-state index contributed by atoms with van der Waals surface area (Å²) >= 11 is 5.81. The highest BCUT2D eigenvalue weighted by Crippen LogP contribution is 2.31. The maximum atomic E-state index is 11.9. The van der Waals surface area contributed by atoms with Crippen molar-refractivity contribution in [3.05, 3.63) is 34.9 Å². The maximum Gasteiger partial charge on any atom is 0.224 e. The van der Waals surface area contributed by atoms with E-state index in [0.29, 0.717) is 23.9 Å². The Morgan fingerprint density at radius 2 is 1.95 bits per heavy atom. The highest BCUT2D eigenvalue weighted by Gasteiger charge is 2.31. The first kappa shape index (κ1) is 15.3. The molecule has 1 aromatic carbocycles. The summed E-state index contributed by atoms with van der Waals surface area (Å²) in [7, 11) is 0. The van der Waals surface area contributed by atoms with Gasteiger partial charge in [-0.05, 0) is 49.3 Å². The van der Waals surface area contributed by atoms with Crippen LogP contribution in [0.2, 0.25) is 5.02 Å². The topological polar surface area (TPSA) is 49.3 Å². The van der Waals surface area contributed by atoms with Crippen molar-refractivity contribution >= 4 is 17.5 Å². The fourth-order valence-electron chi connectivity index (χ4n) is 2.59. The van der Waals surface area contributed by atoms with E-state index in [-0.39, 0.29) is 5.91 Å². The smallest absolute Gasteiger partial charge is 0.224 e. The van der Waals surface area contributed by atoms with Crippen LogP contribution in [0.5, 0.6) is 0 Å². The second-order valence-electron chi connectivity index (χ2n) is 5.99. The molecule has 1 aliphatic carbocycles. The van der Waals surface area contributed by atoms with E-state index in [2.05, 4.69) is 12.2 Å². The molecule has 0 atom stereocenters. The van der Waals surface area contributed by atoms with Crippen LogP contribution in [0.15, 0.2) is 24.3 Å². The first-order valence-electron chi connectivity index (χ1n) is 7.20. The van der Waals surface area contributed by atoms with Crippen LogP contribution in [-0.2, 0) is 11.2 Å². The third kappa shape index (κ3) is 4.50. The minimum atomic E-state index is -0.720. The number of carbonyl (C=O) groups is 1. The molecule has 2 rings (SSSR count). The van der Waals surface area contributed by atoms with Crippen molar-refractivity contribution in [1.29, 1.82) is 0 Å². The van der Waals surface area contributed by atoms with Crippen LogP contribution in [0.25, 0.3) is 0 Å². The molecule has 1 aliphatic rings. The average Bonchev–Trinajstić information content (AvgIpc) is 2.43. The van der Waals surface area contributed by atoms with E-state index in [0.717, 1.165) is 31.2 Å². The Hall–Kier alpha value is -1.06. The number of hydrogen-bond donors (Lipinski definition) is 2. The fourth-order valence-corrected chi connectivity index (χ4v) is 2.72. The Kier molecular flexibility index (Phi) is 5.06. The molecule has 0 aromatic heterocycles. The number of nitrogens with one attached hydrogen (secondary N) is 1. The molecular formula is C16H22ClNO2. The Morgan fingerprint density at radius 3 is 2.55 bits per heavy atom. The Bertz CT molecular complexity index is 450. The molecule has 0 bridgehead atoms. The molecule has 0 aliphatic heterocycles. The molecule has 0 unspecified atom stereocenters. The van der Waals surface area contributed by atoms with E-state index in [1.807, 2.05) is 12.1 Å². The van der Waals surface area contributed by atoms with Crippen LogP contribution < -0.4 is 5.32 Å².